The minimum Gasteiger partial charge on any atom is -0.491 e. The van der Waals surface area contributed by atoms with Gasteiger partial charge in [0, 0.05) is 12.6 Å². The van der Waals surface area contributed by atoms with Crippen molar-refractivity contribution in [2.75, 3.05) is 18.9 Å². The normalized spacial score (nSPS) is 11.1. The van der Waals surface area contributed by atoms with Crippen LogP contribution in [0.1, 0.15) is 52.0 Å². The van der Waals surface area contributed by atoms with Crippen LogP contribution in [0.25, 0.3) is 6.08 Å². The van der Waals surface area contributed by atoms with Crippen LogP contribution in [0.5, 0.6) is 5.75 Å². The zero-order valence-corrected chi connectivity index (χ0v) is 14.6. The van der Waals surface area contributed by atoms with Crippen molar-refractivity contribution >= 4 is 17.7 Å². The van der Waals surface area contributed by atoms with Gasteiger partial charge in [-0.1, -0.05) is 46.1 Å². The van der Waals surface area contributed by atoms with Crippen molar-refractivity contribution in [2.24, 2.45) is 5.92 Å². The first-order chi connectivity index (χ1) is 11.0. The molecule has 23 heavy (non-hydrogen) atoms. The van der Waals surface area contributed by atoms with Gasteiger partial charge < -0.3 is 15.8 Å². The van der Waals surface area contributed by atoms with E-state index in [0.717, 1.165) is 24.9 Å². The highest BCUT2D eigenvalue weighted by molar-refractivity contribution is 5.91. The van der Waals surface area contributed by atoms with Crippen molar-refractivity contribution in [3.8, 4) is 5.75 Å². The summed E-state index contributed by atoms with van der Waals surface area (Å²) >= 11 is 0. The van der Waals surface area contributed by atoms with Crippen molar-refractivity contribution in [2.45, 2.75) is 46.5 Å². The number of hydrogen-bond donors (Lipinski definition) is 2. The Morgan fingerprint density at radius 2 is 2.09 bits per heavy atom. The molecule has 0 bridgehead atoms. The number of hydrogen-bond acceptors (Lipinski definition) is 3. The number of nitrogen functional groups attached to an aromatic ring is 1. The van der Waals surface area contributed by atoms with Gasteiger partial charge in [0.25, 0.3) is 0 Å². The number of amides is 1. The Morgan fingerprint density at radius 3 is 2.74 bits per heavy atom. The molecule has 0 fully saturated rings. The van der Waals surface area contributed by atoms with Crippen LogP contribution in [0, 0.1) is 5.92 Å². The molecule has 0 saturated heterocycles. The number of nitrogens with one attached hydrogen (secondary N) is 1. The molecule has 1 aromatic carbocycles. The van der Waals surface area contributed by atoms with Gasteiger partial charge in [0.05, 0.1) is 12.3 Å². The van der Waals surface area contributed by atoms with Gasteiger partial charge >= 0.3 is 0 Å². The number of carbonyl (C=O) groups is 1. The molecule has 0 heterocycles. The summed E-state index contributed by atoms with van der Waals surface area (Å²) < 4.78 is 5.64. The van der Waals surface area contributed by atoms with Crippen molar-refractivity contribution < 1.29 is 9.53 Å². The Labute approximate surface area is 140 Å². The monoisotopic (exact) mass is 318 g/mol. The SMILES string of the molecule is CCCCCCNC(=O)/C=C\c1ccc(OCC(C)C)c(N)c1. The quantitative estimate of drug-likeness (QED) is 0.389. The fraction of sp³-hybridized carbons (Fsp3) is 0.526. The minimum atomic E-state index is -0.0693. The van der Waals surface area contributed by atoms with E-state index in [1.807, 2.05) is 18.2 Å². The summed E-state index contributed by atoms with van der Waals surface area (Å²) in [6, 6.07) is 5.57. The largest absolute Gasteiger partial charge is 0.491 e. The van der Waals surface area contributed by atoms with Crippen LogP contribution >= 0.6 is 0 Å². The number of unbranched alkanes of at least 4 members (excludes halogenated alkanes) is 3. The summed E-state index contributed by atoms with van der Waals surface area (Å²) in [6.45, 7) is 7.72. The fourth-order valence-electron chi connectivity index (χ4n) is 2.05. The van der Waals surface area contributed by atoms with Crippen LogP contribution in [0.3, 0.4) is 0 Å². The van der Waals surface area contributed by atoms with Gasteiger partial charge in [-0.2, -0.15) is 0 Å². The van der Waals surface area contributed by atoms with Gasteiger partial charge in [0.2, 0.25) is 5.91 Å². The topological polar surface area (TPSA) is 64.3 Å². The Kier molecular flexibility index (Phi) is 8.88. The standard InChI is InChI=1S/C19H30N2O2/c1-4-5-6-7-12-21-19(22)11-9-16-8-10-18(17(20)13-16)23-14-15(2)3/h8-11,13,15H,4-7,12,14,20H2,1-3H3,(H,21,22)/b11-9-. The number of ether oxygens (including phenoxy) is 1. The predicted molar refractivity (Wildman–Crippen MR) is 97.4 cm³/mol. The molecule has 4 heteroatoms. The Hall–Kier alpha value is -1.97. The van der Waals surface area contributed by atoms with Gasteiger partial charge in [-0.25, -0.2) is 0 Å². The van der Waals surface area contributed by atoms with Crippen LogP contribution in [0.4, 0.5) is 5.69 Å². The van der Waals surface area contributed by atoms with E-state index in [2.05, 4.69) is 26.1 Å². The fourth-order valence-corrected chi connectivity index (χ4v) is 2.05. The average Bonchev–Trinajstić information content (AvgIpc) is 2.51. The lowest BCUT2D eigenvalue weighted by Gasteiger charge is -2.11. The second-order valence-corrected chi connectivity index (χ2v) is 6.19. The van der Waals surface area contributed by atoms with E-state index in [1.165, 1.54) is 12.8 Å². The molecule has 0 atom stereocenters. The first-order valence-electron chi connectivity index (χ1n) is 8.51. The van der Waals surface area contributed by atoms with Crippen LogP contribution in [-0.2, 0) is 4.79 Å². The second kappa shape index (κ2) is 10.7. The third kappa shape index (κ3) is 8.29. The van der Waals surface area contributed by atoms with E-state index in [9.17, 15) is 4.79 Å². The first-order valence-corrected chi connectivity index (χ1v) is 8.51. The molecule has 3 N–H and O–H groups in total. The summed E-state index contributed by atoms with van der Waals surface area (Å²) in [6.07, 6.45) is 7.92. The molecule has 1 rings (SSSR count). The number of benzene rings is 1. The molecule has 0 aromatic heterocycles. The maximum absolute atomic E-state index is 11.7. The Morgan fingerprint density at radius 1 is 1.30 bits per heavy atom. The van der Waals surface area contributed by atoms with E-state index >= 15 is 0 Å². The zero-order chi connectivity index (χ0) is 17.1. The average molecular weight is 318 g/mol. The number of anilines is 1. The predicted octanol–water partition coefficient (Wildman–Crippen LogP) is 4.01. The van der Waals surface area contributed by atoms with Crippen molar-refractivity contribution in [1.82, 2.24) is 5.32 Å². The molecule has 1 amide bonds. The molecule has 0 spiro atoms. The van der Waals surface area contributed by atoms with Crippen molar-refractivity contribution in [3.63, 3.8) is 0 Å². The Bertz CT molecular complexity index is 510. The van der Waals surface area contributed by atoms with Crippen LogP contribution in [0.2, 0.25) is 0 Å². The molecule has 0 aliphatic heterocycles. The summed E-state index contributed by atoms with van der Waals surface area (Å²) in [7, 11) is 0. The first kappa shape index (κ1) is 19.1. The highest BCUT2D eigenvalue weighted by Gasteiger charge is 2.03. The van der Waals surface area contributed by atoms with Gasteiger partial charge in [-0.15, -0.1) is 0 Å². The molecule has 4 nitrogen and oxygen atoms in total. The van der Waals surface area contributed by atoms with Crippen LogP contribution in [-0.4, -0.2) is 19.1 Å². The molecule has 128 valence electrons. The van der Waals surface area contributed by atoms with E-state index in [1.54, 1.807) is 12.2 Å². The van der Waals surface area contributed by atoms with Crippen molar-refractivity contribution in [3.05, 3.63) is 29.8 Å². The lowest BCUT2D eigenvalue weighted by atomic mass is 10.1. The molecular weight excluding hydrogens is 288 g/mol. The minimum absolute atomic E-state index is 0.0693. The van der Waals surface area contributed by atoms with Gasteiger partial charge in [0.15, 0.2) is 0 Å². The molecule has 1 aromatic rings. The lowest BCUT2D eigenvalue weighted by molar-refractivity contribution is -0.116. The summed E-state index contributed by atoms with van der Waals surface area (Å²) in [5.41, 5.74) is 7.46. The number of carbonyl (C=O) groups excluding carboxylic acids is 1. The van der Waals surface area contributed by atoms with Crippen LogP contribution in [0.15, 0.2) is 24.3 Å². The zero-order valence-electron chi connectivity index (χ0n) is 14.6. The lowest BCUT2D eigenvalue weighted by Crippen LogP contribution is -2.21. The maximum Gasteiger partial charge on any atom is 0.243 e. The number of rotatable bonds is 10. The maximum atomic E-state index is 11.7. The van der Waals surface area contributed by atoms with E-state index in [4.69, 9.17) is 10.5 Å². The van der Waals surface area contributed by atoms with Gasteiger partial charge in [0.1, 0.15) is 5.75 Å². The van der Waals surface area contributed by atoms with Crippen molar-refractivity contribution in [1.29, 1.82) is 0 Å². The highest BCUT2D eigenvalue weighted by atomic mass is 16.5. The molecule has 0 saturated carbocycles. The molecule has 0 radical (unpaired) electrons. The van der Waals surface area contributed by atoms with Gasteiger partial charge in [-0.3, -0.25) is 4.79 Å². The second-order valence-electron chi connectivity index (χ2n) is 6.19. The summed E-state index contributed by atoms with van der Waals surface area (Å²) in [4.78, 5) is 11.7. The highest BCUT2D eigenvalue weighted by Crippen LogP contribution is 2.23. The van der Waals surface area contributed by atoms with E-state index in [-0.39, 0.29) is 5.91 Å². The molecular formula is C19H30N2O2. The number of nitrogens with two attached hydrogens (primary N) is 1. The van der Waals surface area contributed by atoms with E-state index < -0.39 is 0 Å². The van der Waals surface area contributed by atoms with Gasteiger partial charge in [-0.05, 0) is 36.1 Å². The molecule has 0 aliphatic rings. The third-order valence-corrected chi connectivity index (χ3v) is 3.36. The molecule has 0 unspecified atom stereocenters. The smallest absolute Gasteiger partial charge is 0.243 e. The van der Waals surface area contributed by atoms with E-state index in [0.29, 0.717) is 24.0 Å². The molecule has 0 aliphatic carbocycles. The third-order valence-electron chi connectivity index (χ3n) is 3.36. The van der Waals surface area contributed by atoms with Crippen LogP contribution < -0.4 is 15.8 Å². The summed E-state index contributed by atoms with van der Waals surface area (Å²) in [5.74, 6) is 1.08. The Balaban J connectivity index is 2.44. The summed E-state index contributed by atoms with van der Waals surface area (Å²) in [5, 5.41) is 2.89.